The number of imidazole rings is 1. The highest BCUT2D eigenvalue weighted by atomic mass is 14.9. The lowest BCUT2D eigenvalue weighted by Crippen LogP contribution is -2.36. The quantitative estimate of drug-likeness (QED) is 0.859. The minimum atomic E-state index is 0.489. The molecule has 3 rings (SSSR count). The Bertz CT molecular complexity index is 476. The number of H-pyrrole nitrogens is 1. The van der Waals surface area contributed by atoms with E-state index in [1.54, 1.807) is 0 Å². The highest BCUT2D eigenvalue weighted by molar-refractivity contribution is 5.32. The normalized spacial score (nSPS) is 16.7. The van der Waals surface area contributed by atoms with Crippen LogP contribution in [0.4, 0.5) is 0 Å². The van der Waals surface area contributed by atoms with E-state index in [4.69, 9.17) is 0 Å². The highest BCUT2D eigenvalue weighted by Gasteiger charge is 2.27. The van der Waals surface area contributed by atoms with Crippen LogP contribution in [0, 0.1) is 5.92 Å². The summed E-state index contributed by atoms with van der Waals surface area (Å²) in [5.41, 5.74) is 3.03. The molecule has 0 bridgehead atoms. The topological polar surface area (TPSA) is 40.7 Å². The number of hydrogen-bond donors (Lipinski definition) is 2. The first-order chi connectivity index (χ1) is 8.86. The second kappa shape index (κ2) is 4.94. The lowest BCUT2D eigenvalue weighted by molar-refractivity contribution is 0.378. The van der Waals surface area contributed by atoms with Gasteiger partial charge in [0, 0.05) is 24.9 Å². The molecule has 1 aliphatic rings. The zero-order valence-corrected chi connectivity index (χ0v) is 10.7. The minimum absolute atomic E-state index is 0.489. The molecule has 0 saturated heterocycles. The van der Waals surface area contributed by atoms with Crippen LogP contribution in [-0.4, -0.2) is 23.1 Å². The average molecular weight is 241 g/mol. The Kier molecular flexibility index (Phi) is 3.15. The zero-order valence-electron chi connectivity index (χ0n) is 10.7. The van der Waals surface area contributed by atoms with Gasteiger partial charge in [0.05, 0.1) is 0 Å². The molecule has 0 spiro atoms. The van der Waals surface area contributed by atoms with Crippen LogP contribution in [0.2, 0.25) is 0 Å². The molecule has 0 amide bonds. The van der Waals surface area contributed by atoms with E-state index >= 15 is 0 Å². The minimum Gasteiger partial charge on any atom is -0.349 e. The molecule has 0 saturated carbocycles. The summed E-state index contributed by atoms with van der Waals surface area (Å²) < 4.78 is 0. The molecule has 2 aromatic rings. The number of hydrogen-bond acceptors (Lipinski definition) is 2. The summed E-state index contributed by atoms with van der Waals surface area (Å²) in [5, 5.41) is 3.46. The van der Waals surface area contributed by atoms with Crippen molar-refractivity contribution in [1.29, 1.82) is 0 Å². The summed E-state index contributed by atoms with van der Waals surface area (Å²) in [6.07, 6.45) is 7.06. The fourth-order valence-corrected chi connectivity index (χ4v) is 3.00. The van der Waals surface area contributed by atoms with Gasteiger partial charge in [-0.2, -0.15) is 0 Å². The van der Waals surface area contributed by atoms with Crippen molar-refractivity contribution in [2.75, 3.05) is 7.05 Å². The molecule has 2 N–H and O–H groups in total. The molecule has 0 fully saturated rings. The van der Waals surface area contributed by atoms with Crippen LogP contribution >= 0.6 is 0 Å². The van der Waals surface area contributed by atoms with Gasteiger partial charge in [0.25, 0.3) is 0 Å². The van der Waals surface area contributed by atoms with Crippen molar-refractivity contribution in [2.24, 2.45) is 5.92 Å². The van der Waals surface area contributed by atoms with Crippen molar-refractivity contribution >= 4 is 0 Å². The van der Waals surface area contributed by atoms with E-state index in [0.29, 0.717) is 12.0 Å². The van der Waals surface area contributed by atoms with Crippen LogP contribution in [0.15, 0.2) is 36.7 Å². The van der Waals surface area contributed by atoms with Crippen LogP contribution in [0.1, 0.15) is 17.0 Å². The predicted octanol–water partition coefficient (Wildman–Crippen LogP) is 1.96. The van der Waals surface area contributed by atoms with Gasteiger partial charge >= 0.3 is 0 Å². The van der Waals surface area contributed by atoms with Gasteiger partial charge in [0.1, 0.15) is 5.82 Å². The van der Waals surface area contributed by atoms with Crippen molar-refractivity contribution in [3.05, 3.63) is 53.6 Å². The number of benzene rings is 1. The third kappa shape index (κ3) is 2.18. The smallest absolute Gasteiger partial charge is 0.107 e. The van der Waals surface area contributed by atoms with Gasteiger partial charge < -0.3 is 10.3 Å². The largest absolute Gasteiger partial charge is 0.349 e. The first-order valence-corrected chi connectivity index (χ1v) is 6.59. The molecule has 3 nitrogen and oxygen atoms in total. The van der Waals surface area contributed by atoms with Crippen LogP contribution in [-0.2, 0) is 19.3 Å². The SMILES string of the molecule is CNC(Cc1ncc[nH]1)C1Cc2ccccc2C1. The molecule has 1 aliphatic carbocycles. The summed E-state index contributed by atoms with van der Waals surface area (Å²) in [4.78, 5) is 7.52. The monoisotopic (exact) mass is 241 g/mol. The van der Waals surface area contributed by atoms with E-state index < -0.39 is 0 Å². The number of rotatable bonds is 4. The molecular formula is C15H19N3. The number of aromatic amines is 1. The van der Waals surface area contributed by atoms with Crippen molar-refractivity contribution in [2.45, 2.75) is 25.3 Å². The first kappa shape index (κ1) is 11.5. The lowest BCUT2D eigenvalue weighted by atomic mass is 9.94. The molecule has 94 valence electrons. The van der Waals surface area contributed by atoms with Gasteiger partial charge in [0.2, 0.25) is 0 Å². The van der Waals surface area contributed by atoms with Crippen LogP contribution in [0.25, 0.3) is 0 Å². The Labute approximate surface area is 108 Å². The standard InChI is InChI=1S/C15H19N3/c1-16-14(10-15-17-6-7-18-15)13-8-11-4-2-3-5-12(11)9-13/h2-7,13-14,16H,8-10H2,1H3,(H,17,18). The maximum Gasteiger partial charge on any atom is 0.107 e. The van der Waals surface area contributed by atoms with Gasteiger partial charge in [-0.25, -0.2) is 4.98 Å². The third-order valence-electron chi connectivity index (χ3n) is 3.99. The average Bonchev–Trinajstić information content (AvgIpc) is 3.04. The summed E-state index contributed by atoms with van der Waals surface area (Å²) in [5.74, 6) is 1.75. The molecule has 1 aromatic heterocycles. The predicted molar refractivity (Wildman–Crippen MR) is 72.5 cm³/mol. The van der Waals surface area contributed by atoms with Crippen molar-refractivity contribution in [3.63, 3.8) is 0 Å². The van der Waals surface area contributed by atoms with Gasteiger partial charge in [-0.05, 0) is 36.9 Å². The van der Waals surface area contributed by atoms with Crippen LogP contribution < -0.4 is 5.32 Å². The first-order valence-electron chi connectivity index (χ1n) is 6.59. The Morgan fingerprint density at radius 3 is 2.61 bits per heavy atom. The fraction of sp³-hybridized carbons (Fsp3) is 0.400. The van der Waals surface area contributed by atoms with E-state index in [1.165, 1.54) is 24.0 Å². The van der Waals surface area contributed by atoms with Gasteiger partial charge in [-0.15, -0.1) is 0 Å². The molecule has 1 aromatic carbocycles. The number of nitrogens with zero attached hydrogens (tertiary/aromatic N) is 1. The second-order valence-corrected chi connectivity index (χ2v) is 5.07. The van der Waals surface area contributed by atoms with Gasteiger partial charge in [0.15, 0.2) is 0 Å². The third-order valence-corrected chi connectivity index (χ3v) is 3.99. The van der Waals surface area contributed by atoms with Crippen LogP contribution in [0.3, 0.4) is 0 Å². The second-order valence-electron chi connectivity index (χ2n) is 5.07. The maximum atomic E-state index is 4.33. The fourth-order valence-electron chi connectivity index (χ4n) is 3.00. The highest BCUT2D eigenvalue weighted by Crippen LogP contribution is 2.29. The van der Waals surface area contributed by atoms with E-state index in [2.05, 4.69) is 46.6 Å². The molecule has 3 heteroatoms. The zero-order chi connectivity index (χ0) is 12.4. The molecule has 18 heavy (non-hydrogen) atoms. The Hall–Kier alpha value is -1.61. The van der Waals surface area contributed by atoms with Crippen LogP contribution in [0.5, 0.6) is 0 Å². The summed E-state index contributed by atoms with van der Waals surface area (Å²) >= 11 is 0. The van der Waals surface area contributed by atoms with E-state index in [-0.39, 0.29) is 0 Å². The molecule has 1 heterocycles. The lowest BCUT2D eigenvalue weighted by Gasteiger charge is -2.22. The summed E-state index contributed by atoms with van der Waals surface area (Å²) in [6.45, 7) is 0. The summed E-state index contributed by atoms with van der Waals surface area (Å²) in [7, 11) is 2.05. The number of aromatic nitrogens is 2. The molecule has 0 aliphatic heterocycles. The number of likely N-dealkylation sites (N-methyl/N-ethyl adjacent to an activating group) is 1. The maximum absolute atomic E-state index is 4.33. The van der Waals surface area contributed by atoms with E-state index in [1.807, 2.05) is 12.4 Å². The summed E-state index contributed by atoms with van der Waals surface area (Å²) in [6, 6.07) is 9.29. The number of nitrogens with one attached hydrogen (secondary N) is 2. The Morgan fingerprint density at radius 2 is 2.06 bits per heavy atom. The Morgan fingerprint density at radius 1 is 1.33 bits per heavy atom. The van der Waals surface area contributed by atoms with E-state index in [9.17, 15) is 0 Å². The molecular weight excluding hydrogens is 222 g/mol. The molecule has 1 atom stereocenters. The Balaban J connectivity index is 1.71. The molecule has 0 radical (unpaired) electrons. The van der Waals surface area contributed by atoms with E-state index in [0.717, 1.165) is 12.2 Å². The van der Waals surface area contributed by atoms with Gasteiger partial charge in [-0.3, -0.25) is 0 Å². The van der Waals surface area contributed by atoms with Crippen molar-refractivity contribution < 1.29 is 0 Å². The van der Waals surface area contributed by atoms with Crippen molar-refractivity contribution in [1.82, 2.24) is 15.3 Å². The van der Waals surface area contributed by atoms with Gasteiger partial charge in [-0.1, -0.05) is 24.3 Å². The van der Waals surface area contributed by atoms with Crippen molar-refractivity contribution in [3.8, 4) is 0 Å². The number of fused-ring (bicyclic) bond motifs is 1. The molecule has 1 unspecified atom stereocenters.